The van der Waals surface area contributed by atoms with Crippen molar-refractivity contribution in [3.63, 3.8) is 0 Å². The van der Waals surface area contributed by atoms with Crippen molar-refractivity contribution in [2.24, 2.45) is 0 Å². The monoisotopic (exact) mass is 516 g/mol. The third kappa shape index (κ3) is 7.62. The summed E-state index contributed by atoms with van der Waals surface area (Å²) in [6, 6.07) is 26.3. The van der Waals surface area contributed by atoms with Crippen LogP contribution in [-0.4, -0.2) is 29.5 Å². The zero-order chi connectivity index (χ0) is 26.0. The zero-order valence-corrected chi connectivity index (χ0v) is 22.5. The van der Waals surface area contributed by atoms with Crippen molar-refractivity contribution in [3.05, 3.63) is 90.0 Å². The summed E-state index contributed by atoms with van der Waals surface area (Å²) in [5.74, 6) is -0.221. The van der Waals surface area contributed by atoms with Gasteiger partial charge in [0.2, 0.25) is 0 Å². The first kappa shape index (κ1) is 26.8. The van der Waals surface area contributed by atoms with E-state index in [4.69, 9.17) is 4.74 Å². The second-order valence-electron chi connectivity index (χ2n) is 9.48. The predicted octanol–water partition coefficient (Wildman–Crippen LogP) is 7.87. The highest BCUT2D eigenvalue weighted by atomic mass is 32.2. The number of anilines is 1. The molecule has 37 heavy (non-hydrogen) atoms. The van der Waals surface area contributed by atoms with Crippen LogP contribution in [0.15, 0.2) is 88.7 Å². The van der Waals surface area contributed by atoms with Crippen molar-refractivity contribution in [3.8, 4) is 0 Å². The fraction of sp³-hybridized carbons (Fsp3) is 0.355. The number of carbonyl (C=O) groups is 2. The number of carbonyl (C=O) groups excluding carboxylic acids is 2. The van der Waals surface area contributed by atoms with Crippen molar-refractivity contribution in [1.82, 2.24) is 4.90 Å². The topological polar surface area (TPSA) is 58.6 Å². The standard InChI is InChI=1S/C31H36N2O3S/c1-3-36-30(34)21-24-12-10-18-28(20-24)37-29-19-11-15-26(22-29)32-31(35)33(27-16-8-5-9-17-27)23(2)25-13-6-4-7-14-25/h4,6-7,10-15,18-20,22-23,27H,3,5,8-9,16-17,21H2,1-2H3,(H,32,35). The molecular weight excluding hydrogens is 480 g/mol. The molecule has 1 aliphatic rings. The van der Waals surface area contributed by atoms with Crippen LogP contribution in [0.5, 0.6) is 0 Å². The van der Waals surface area contributed by atoms with Gasteiger partial charge in [-0.1, -0.05) is 79.6 Å². The van der Waals surface area contributed by atoms with E-state index in [9.17, 15) is 9.59 Å². The van der Waals surface area contributed by atoms with Crippen LogP contribution in [0.4, 0.5) is 10.5 Å². The summed E-state index contributed by atoms with van der Waals surface area (Å²) in [6.07, 6.45) is 5.92. The van der Waals surface area contributed by atoms with Gasteiger partial charge in [-0.25, -0.2) is 4.79 Å². The summed E-state index contributed by atoms with van der Waals surface area (Å²) in [5.41, 5.74) is 2.85. The molecule has 0 spiro atoms. The largest absolute Gasteiger partial charge is 0.466 e. The molecule has 0 radical (unpaired) electrons. The minimum Gasteiger partial charge on any atom is -0.466 e. The Morgan fingerprint density at radius 2 is 1.65 bits per heavy atom. The molecule has 1 N–H and O–H groups in total. The Morgan fingerprint density at radius 3 is 2.38 bits per heavy atom. The zero-order valence-electron chi connectivity index (χ0n) is 21.7. The molecule has 2 amide bonds. The maximum atomic E-state index is 13.7. The number of esters is 1. The lowest BCUT2D eigenvalue weighted by molar-refractivity contribution is -0.142. The summed E-state index contributed by atoms with van der Waals surface area (Å²) < 4.78 is 5.07. The minimum atomic E-state index is -0.221. The smallest absolute Gasteiger partial charge is 0.322 e. The van der Waals surface area contributed by atoms with Crippen LogP contribution < -0.4 is 5.32 Å². The molecule has 0 heterocycles. The van der Waals surface area contributed by atoms with Crippen LogP contribution in [0.3, 0.4) is 0 Å². The van der Waals surface area contributed by atoms with Gasteiger partial charge in [-0.05, 0) is 68.1 Å². The second kappa shape index (κ2) is 13.3. The summed E-state index contributed by atoms with van der Waals surface area (Å²) in [4.78, 5) is 29.6. The molecule has 1 fully saturated rings. The van der Waals surface area contributed by atoms with Gasteiger partial charge < -0.3 is 15.0 Å². The van der Waals surface area contributed by atoms with Crippen molar-refractivity contribution >= 4 is 29.4 Å². The Balaban J connectivity index is 1.47. The first-order chi connectivity index (χ1) is 18.0. The van der Waals surface area contributed by atoms with Gasteiger partial charge in [-0.15, -0.1) is 0 Å². The molecule has 5 nitrogen and oxygen atoms in total. The molecule has 1 aliphatic carbocycles. The van der Waals surface area contributed by atoms with E-state index in [0.717, 1.165) is 52.3 Å². The van der Waals surface area contributed by atoms with Gasteiger partial charge in [0.25, 0.3) is 0 Å². The number of hydrogen-bond donors (Lipinski definition) is 1. The SMILES string of the molecule is CCOC(=O)Cc1cccc(Sc2cccc(NC(=O)N(C3CCCCC3)C(C)c3ccccc3)c2)c1. The summed E-state index contributed by atoms with van der Waals surface area (Å²) in [7, 11) is 0. The number of benzene rings is 3. The van der Waals surface area contributed by atoms with Crippen molar-refractivity contribution in [2.45, 2.75) is 74.2 Å². The van der Waals surface area contributed by atoms with E-state index in [0.29, 0.717) is 6.61 Å². The van der Waals surface area contributed by atoms with E-state index in [2.05, 4.69) is 24.4 Å². The van der Waals surface area contributed by atoms with Crippen LogP contribution in [0, 0.1) is 0 Å². The Hall–Kier alpha value is -3.25. The van der Waals surface area contributed by atoms with Crippen molar-refractivity contribution < 1.29 is 14.3 Å². The Morgan fingerprint density at radius 1 is 0.946 bits per heavy atom. The highest BCUT2D eigenvalue weighted by Gasteiger charge is 2.30. The Bertz CT molecular complexity index is 1180. The van der Waals surface area contributed by atoms with E-state index in [1.54, 1.807) is 11.8 Å². The number of ether oxygens (including phenoxy) is 1. The van der Waals surface area contributed by atoms with Gasteiger partial charge in [0, 0.05) is 21.5 Å². The average Bonchev–Trinajstić information content (AvgIpc) is 2.90. The molecule has 3 aromatic carbocycles. The Kier molecular flexibility index (Phi) is 9.66. The van der Waals surface area contributed by atoms with E-state index in [1.165, 1.54) is 6.42 Å². The van der Waals surface area contributed by atoms with Crippen LogP contribution >= 0.6 is 11.8 Å². The Labute approximate surface area is 224 Å². The van der Waals surface area contributed by atoms with E-state index in [1.807, 2.05) is 78.6 Å². The normalized spacial score (nSPS) is 14.5. The number of hydrogen-bond acceptors (Lipinski definition) is 4. The fourth-order valence-corrected chi connectivity index (χ4v) is 5.93. The second-order valence-corrected chi connectivity index (χ2v) is 10.6. The molecule has 3 aromatic rings. The van der Waals surface area contributed by atoms with E-state index >= 15 is 0 Å². The predicted molar refractivity (Wildman–Crippen MR) is 150 cm³/mol. The molecule has 0 saturated heterocycles. The van der Waals surface area contributed by atoms with Crippen molar-refractivity contribution in [1.29, 1.82) is 0 Å². The molecule has 4 rings (SSSR count). The highest BCUT2D eigenvalue weighted by Crippen LogP contribution is 2.33. The number of urea groups is 1. The van der Waals surface area contributed by atoms with E-state index in [-0.39, 0.29) is 30.5 Å². The fourth-order valence-electron chi connectivity index (χ4n) is 4.97. The maximum absolute atomic E-state index is 13.7. The molecule has 0 bridgehead atoms. The molecule has 0 aliphatic heterocycles. The van der Waals surface area contributed by atoms with Crippen LogP contribution in [0.25, 0.3) is 0 Å². The summed E-state index contributed by atoms with van der Waals surface area (Å²) in [5, 5.41) is 3.18. The lowest BCUT2D eigenvalue weighted by Crippen LogP contribution is -2.45. The van der Waals surface area contributed by atoms with Gasteiger partial charge in [0.1, 0.15) is 0 Å². The maximum Gasteiger partial charge on any atom is 0.322 e. The van der Waals surface area contributed by atoms with Crippen LogP contribution in [0.2, 0.25) is 0 Å². The third-order valence-electron chi connectivity index (χ3n) is 6.78. The number of rotatable bonds is 9. The summed E-state index contributed by atoms with van der Waals surface area (Å²) >= 11 is 1.61. The van der Waals surface area contributed by atoms with Gasteiger partial charge in [-0.2, -0.15) is 0 Å². The number of nitrogens with one attached hydrogen (secondary N) is 1. The van der Waals surface area contributed by atoms with E-state index < -0.39 is 0 Å². The minimum absolute atomic E-state index is 0.0102. The molecule has 1 unspecified atom stereocenters. The van der Waals surface area contributed by atoms with Gasteiger partial charge in [0.15, 0.2) is 0 Å². The molecule has 1 atom stereocenters. The highest BCUT2D eigenvalue weighted by molar-refractivity contribution is 7.99. The third-order valence-corrected chi connectivity index (χ3v) is 7.75. The number of amides is 2. The lowest BCUT2D eigenvalue weighted by Gasteiger charge is -2.39. The number of nitrogens with zero attached hydrogens (tertiary/aromatic N) is 1. The molecular formula is C31H36N2O3S. The molecule has 6 heteroatoms. The molecule has 0 aromatic heterocycles. The van der Waals surface area contributed by atoms with Gasteiger partial charge in [-0.3, -0.25) is 4.79 Å². The molecule has 1 saturated carbocycles. The van der Waals surface area contributed by atoms with Crippen LogP contribution in [-0.2, 0) is 16.0 Å². The van der Waals surface area contributed by atoms with Crippen LogP contribution in [0.1, 0.15) is 63.1 Å². The first-order valence-corrected chi connectivity index (χ1v) is 14.0. The lowest BCUT2D eigenvalue weighted by atomic mass is 9.92. The van der Waals surface area contributed by atoms with Crippen molar-refractivity contribution in [2.75, 3.05) is 11.9 Å². The average molecular weight is 517 g/mol. The van der Waals surface area contributed by atoms with Gasteiger partial charge >= 0.3 is 12.0 Å². The first-order valence-electron chi connectivity index (χ1n) is 13.2. The summed E-state index contributed by atoms with van der Waals surface area (Å²) in [6.45, 7) is 4.32. The quantitative estimate of drug-likeness (QED) is 0.294. The molecule has 194 valence electrons. The van der Waals surface area contributed by atoms with Gasteiger partial charge in [0.05, 0.1) is 19.1 Å².